The smallest absolute Gasteiger partial charge is 0.243 e. The Morgan fingerprint density at radius 2 is 1.57 bits per heavy atom. The van der Waals surface area contributed by atoms with Crippen LogP contribution in [0, 0.1) is 13.8 Å². The molecule has 2 rings (SSSR count). The summed E-state index contributed by atoms with van der Waals surface area (Å²) in [5, 5.41) is 6.98. The van der Waals surface area contributed by atoms with Gasteiger partial charge in [0.1, 0.15) is 0 Å². The van der Waals surface area contributed by atoms with Crippen molar-refractivity contribution in [1.29, 1.82) is 0 Å². The molecular formula is C21H29N3O2S2. The van der Waals surface area contributed by atoms with Crippen LogP contribution in [-0.4, -0.2) is 30.9 Å². The quantitative estimate of drug-likeness (QED) is 0.652. The Morgan fingerprint density at radius 3 is 2.07 bits per heavy atom. The molecule has 152 valence electrons. The van der Waals surface area contributed by atoms with Crippen molar-refractivity contribution < 1.29 is 8.42 Å². The van der Waals surface area contributed by atoms with E-state index in [9.17, 15) is 8.42 Å². The maximum atomic E-state index is 12.6. The largest absolute Gasteiger partial charge is 0.356 e. The van der Waals surface area contributed by atoms with Crippen molar-refractivity contribution in [2.24, 2.45) is 0 Å². The number of nitrogens with one attached hydrogen (secondary N) is 2. The van der Waals surface area contributed by atoms with E-state index in [0.29, 0.717) is 23.1 Å². The van der Waals surface area contributed by atoms with Gasteiger partial charge in [-0.15, -0.1) is 0 Å². The minimum absolute atomic E-state index is 0.0592. The molecule has 0 spiro atoms. The van der Waals surface area contributed by atoms with Crippen molar-refractivity contribution in [3.05, 3.63) is 59.2 Å². The van der Waals surface area contributed by atoms with E-state index in [1.54, 1.807) is 12.1 Å². The van der Waals surface area contributed by atoms with Crippen molar-refractivity contribution in [3.8, 4) is 0 Å². The standard InChI is InChI=1S/C21H29N3O2S2/c1-6-24(7-2)28(25,26)20-10-8-18(9-11-20)17(5)22-21(27)23-19-13-15(3)12-16(4)14-19/h8-14,17H,6-7H2,1-5H3,(H2,22,23,27)/t17-/m0/s1. The molecule has 2 N–H and O–H groups in total. The van der Waals surface area contributed by atoms with E-state index < -0.39 is 10.0 Å². The lowest BCUT2D eigenvalue weighted by atomic mass is 10.1. The van der Waals surface area contributed by atoms with Gasteiger partial charge in [-0.3, -0.25) is 0 Å². The molecule has 2 aromatic rings. The molecule has 0 aliphatic carbocycles. The van der Waals surface area contributed by atoms with Gasteiger partial charge in [-0.2, -0.15) is 4.31 Å². The zero-order valence-corrected chi connectivity index (χ0v) is 18.7. The van der Waals surface area contributed by atoms with Crippen LogP contribution in [0.15, 0.2) is 47.4 Å². The average Bonchev–Trinajstić information content (AvgIpc) is 2.61. The molecule has 0 bridgehead atoms. The number of hydrogen-bond donors (Lipinski definition) is 2. The molecule has 0 saturated carbocycles. The highest BCUT2D eigenvalue weighted by Crippen LogP contribution is 2.20. The summed E-state index contributed by atoms with van der Waals surface area (Å²) in [6.07, 6.45) is 0. The summed E-state index contributed by atoms with van der Waals surface area (Å²) in [5.41, 5.74) is 4.25. The maximum absolute atomic E-state index is 12.6. The number of benzene rings is 2. The minimum Gasteiger partial charge on any atom is -0.356 e. The Kier molecular flexibility index (Phi) is 7.57. The molecule has 0 aliphatic heterocycles. The lowest BCUT2D eigenvalue weighted by Gasteiger charge is -2.20. The van der Waals surface area contributed by atoms with Gasteiger partial charge in [0.05, 0.1) is 10.9 Å². The van der Waals surface area contributed by atoms with Gasteiger partial charge in [0.15, 0.2) is 5.11 Å². The Labute approximate surface area is 174 Å². The summed E-state index contributed by atoms with van der Waals surface area (Å²) in [6.45, 7) is 10.7. The van der Waals surface area contributed by atoms with Gasteiger partial charge in [-0.1, -0.05) is 32.0 Å². The van der Waals surface area contributed by atoms with Gasteiger partial charge in [0.25, 0.3) is 0 Å². The molecule has 7 heteroatoms. The van der Waals surface area contributed by atoms with Crippen LogP contribution in [0.25, 0.3) is 0 Å². The van der Waals surface area contributed by atoms with Crippen LogP contribution in [0.1, 0.15) is 43.5 Å². The summed E-state index contributed by atoms with van der Waals surface area (Å²) in [4.78, 5) is 0.308. The topological polar surface area (TPSA) is 61.4 Å². The molecule has 0 fully saturated rings. The third-order valence-electron chi connectivity index (χ3n) is 4.55. The van der Waals surface area contributed by atoms with Gasteiger partial charge < -0.3 is 10.6 Å². The molecule has 0 radical (unpaired) electrons. The van der Waals surface area contributed by atoms with E-state index in [4.69, 9.17) is 12.2 Å². The second-order valence-electron chi connectivity index (χ2n) is 6.85. The first-order valence-electron chi connectivity index (χ1n) is 9.43. The van der Waals surface area contributed by atoms with E-state index in [1.165, 1.54) is 15.4 Å². The third kappa shape index (κ3) is 5.53. The van der Waals surface area contributed by atoms with E-state index in [2.05, 4.69) is 16.7 Å². The number of nitrogens with zero attached hydrogens (tertiary/aromatic N) is 1. The monoisotopic (exact) mass is 419 g/mol. The van der Waals surface area contributed by atoms with Crippen LogP contribution >= 0.6 is 12.2 Å². The summed E-state index contributed by atoms with van der Waals surface area (Å²) in [6, 6.07) is 13.1. The predicted octanol–water partition coefficient (Wildman–Crippen LogP) is 4.38. The van der Waals surface area contributed by atoms with Gasteiger partial charge in [-0.25, -0.2) is 8.42 Å². The molecular weight excluding hydrogens is 390 g/mol. The highest BCUT2D eigenvalue weighted by Gasteiger charge is 2.21. The van der Waals surface area contributed by atoms with Crippen LogP contribution < -0.4 is 10.6 Å². The molecule has 0 amide bonds. The summed E-state index contributed by atoms with van der Waals surface area (Å²) >= 11 is 5.42. The second-order valence-corrected chi connectivity index (χ2v) is 9.20. The lowest BCUT2D eigenvalue weighted by molar-refractivity contribution is 0.445. The van der Waals surface area contributed by atoms with Crippen molar-refractivity contribution in [3.63, 3.8) is 0 Å². The third-order valence-corrected chi connectivity index (χ3v) is 6.83. The fourth-order valence-electron chi connectivity index (χ4n) is 3.14. The molecule has 28 heavy (non-hydrogen) atoms. The number of thiocarbonyl (C=S) groups is 1. The van der Waals surface area contributed by atoms with Crippen molar-refractivity contribution in [2.45, 2.75) is 45.6 Å². The van der Waals surface area contributed by atoms with Crippen molar-refractivity contribution in [2.75, 3.05) is 18.4 Å². The molecule has 0 heterocycles. The van der Waals surface area contributed by atoms with E-state index in [1.807, 2.05) is 58.9 Å². The molecule has 1 atom stereocenters. The van der Waals surface area contributed by atoms with E-state index in [0.717, 1.165) is 11.3 Å². The fraction of sp³-hybridized carbons (Fsp3) is 0.381. The number of hydrogen-bond acceptors (Lipinski definition) is 3. The van der Waals surface area contributed by atoms with Gasteiger partial charge >= 0.3 is 0 Å². The van der Waals surface area contributed by atoms with E-state index >= 15 is 0 Å². The maximum Gasteiger partial charge on any atom is 0.243 e. The first kappa shape index (κ1) is 22.3. The average molecular weight is 420 g/mol. The molecule has 0 saturated heterocycles. The molecule has 5 nitrogen and oxygen atoms in total. The summed E-state index contributed by atoms with van der Waals surface area (Å²) < 4.78 is 26.6. The Morgan fingerprint density at radius 1 is 1.04 bits per heavy atom. The van der Waals surface area contributed by atoms with E-state index in [-0.39, 0.29) is 6.04 Å². The Balaban J connectivity index is 2.06. The number of rotatable bonds is 7. The first-order chi connectivity index (χ1) is 13.2. The highest BCUT2D eigenvalue weighted by molar-refractivity contribution is 7.89. The van der Waals surface area contributed by atoms with Crippen molar-refractivity contribution in [1.82, 2.24) is 9.62 Å². The second kappa shape index (κ2) is 9.49. The predicted molar refractivity (Wildman–Crippen MR) is 120 cm³/mol. The summed E-state index contributed by atoms with van der Waals surface area (Å²) in [5.74, 6) is 0. The number of sulfonamides is 1. The number of anilines is 1. The number of aryl methyl sites for hydroxylation is 2. The van der Waals surface area contributed by atoms with Crippen LogP contribution in [0.5, 0.6) is 0 Å². The van der Waals surface area contributed by atoms with Gasteiger partial charge in [0, 0.05) is 18.8 Å². The van der Waals surface area contributed by atoms with Gasteiger partial charge in [0.2, 0.25) is 10.0 Å². The van der Waals surface area contributed by atoms with Crippen LogP contribution in [0.2, 0.25) is 0 Å². The highest BCUT2D eigenvalue weighted by atomic mass is 32.2. The lowest BCUT2D eigenvalue weighted by Crippen LogP contribution is -2.31. The Bertz CT molecular complexity index is 901. The van der Waals surface area contributed by atoms with Crippen LogP contribution in [0.3, 0.4) is 0 Å². The molecule has 2 aromatic carbocycles. The molecule has 0 aromatic heterocycles. The fourth-order valence-corrected chi connectivity index (χ4v) is 4.89. The van der Waals surface area contributed by atoms with Crippen molar-refractivity contribution >= 4 is 33.0 Å². The van der Waals surface area contributed by atoms with Crippen LogP contribution in [-0.2, 0) is 10.0 Å². The van der Waals surface area contributed by atoms with Crippen LogP contribution in [0.4, 0.5) is 5.69 Å². The molecule has 0 unspecified atom stereocenters. The van der Waals surface area contributed by atoms with Gasteiger partial charge in [-0.05, 0) is 73.9 Å². The normalized spacial score (nSPS) is 12.6. The zero-order chi connectivity index (χ0) is 20.9. The summed E-state index contributed by atoms with van der Waals surface area (Å²) in [7, 11) is -3.44. The zero-order valence-electron chi connectivity index (χ0n) is 17.1. The first-order valence-corrected chi connectivity index (χ1v) is 11.3. The minimum atomic E-state index is -3.44. The SMILES string of the molecule is CCN(CC)S(=O)(=O)c1ccc([C@H](C)NC(=S)Nc2cc(C)cc(C)c2)cc1. The molecule has 0 aliphatic rings. The Hall–Kier alpha value is -1.96.